The first-order chi connectivity index (χ1) is 10.5. The van der Waals surface area contributed by atoms with Crippen LogP contribution in [0.3, 0.4) is 0 Å². The number of ether oxygens (including phenoxy) is 2. The molecule has 1 aromatic rings. The summed E-state index contributed by atoms with van der Waals surface area (Å²) in [6.07, 6.45) is -1.11. The quantitative estimate of drug-likeness (QED) is 0.887. The summed E-state index contributed by atoms with van der Waals surface area (Å²) >= 11 is 0. The van der Waals surface area contributed by atoms with Crippen LogP contribution in [0.15, 0.2) is 24.3 Å². The lowest BCUT2D eigenvalue weighted by atomic mass is 10.1. The lowest BCUT2D eigenvalue weighted by molar-refractivity contribution is -0.150. The molecule has 0 aromatic heterocycles. The van der Waals surface area contributed by atoms with Gasteiger partial charge < -0.3 is 19.5 Å². The summed E-state index contributed by atoms with van der Waals surface area (Å²) in [5, 5.41) is 8.90. The third kappa shape index (κ3) is 3.94. The van der Waals surface area contributed by atoms with Crippen molar-refractivity contribution < 1.29 is 28.6 Å². The van der Waals surface area contributed by atoms with Gasteiger partial charge in [0.25, 0.3) is 5.91 Å². The Morgan fingerprint density at radius 3 is 2.91 bits per heavy atom. The highest BCUT2D eigenvalue weighted by molar-refractivity contribution is 5.82. The lowest BCUT2D eigenvalue weighted by Gasteiger charge is -2.36. The van der Waals surface area contributed by atoms with Gasteiger partial charge in [-0.25, -0.2) is 4.39 Å². The van der Waals surface area contributed by atoms with Crippen molar-refractivity contribution in [3.63, 3.8) is 0 Å². The van der Waals surface area contributed by atoms with E-state index in [4.69, 9.17) is 14.6 Å². The first-order valence-electron chi connectivity index (χ1n) is 7.00. The topological polar surface area (TPSA) is 76.1 Å². The van der Waals surface area contributed by atoms with Gasteiger partial charge in [0.15, 0.2) is 17.7 Å². The zero-order valence-electron chi connectivity index (χ0n) is 12.2. The predicted molar refractivity (Wildman–Crippen MR) is 75.1 cm³/mol. The molecule has 2 atom stereocenters. The highest BCUT2D eigenvalue weighted by Crippen LogP contribution is 2.19. The molecule has 6 nitrogen and oxygen atoms in total. The van der Waals surface area contributed by atoms with Crippen molar-refractivity contribution in [2.45, 2.75) is 25.5 Å². The fourth-order valence-electron chi connectivity index (χ4n) is 2.33. The van der Waals surface area contributed by atoms with Gasteiger partial charge in [-0.2, -0.15) is 0 Å². The minimum Gasteiger partial charge on any atom is -0.481 e. The predicted octanol–water partition coefficient (Wildman–Crippen LogP) is 1.30. The maximum atomic E-state index is 13.6. The normalized spacial score (nSPS) is 19.5. The number of carboxylic acids is 1. The van der Waals surface area contributed by atoms with E-state index < -0.39 is 23.9 Å². The van der Waals surface area contributed by atoms with Crippen LogP contribution in [0.1, 0.15) is 13.3 Å². The minimum atomic E-state index is -1.00. The van der Waals surface area contributed by atoms with Gasteiger partial charge in [-0.15, -0.1) is 0 Å². The Bertz CT molecular complexity index is 550. The Hall–Kier alpha value is -2.15. The molecule has 1 saturated heterocycles. The van der Waals surface area contributed by atoms with Gasteiger partial charge in [-0.1, -0.05) is 12.1 Å². The maximum Gasteiger partial charge on any atom is 0.305 e. The van der Waals surface area contributed by atoms with Crippen molar-refractivity contribution in [3.8, 4) is 5.75 Å². The molecule has 1 heterocycles. The third-order valence-electron chi connectivity index (χ3n) is 3.41. The van der Waals surface area contributed by atoms with Crippen molar-refractivity contribution in [1.82, 2.24) is 4.90 Å². The molecule has 0 saturated carbocycles. The molecule has 0 bridgehead atoms. The molecule has 2 rings (SSSR count). The molecule has 22 heavy (non-hydrogen) atoms. The van der Waals surface area contributed by atoms with E-state index >= 15 is 0 Å². The average molecular weight is 311 g/mol. The molecular formula is C15H18FNO5. The summed E-state index contributed by atoms with van der Waals surface area (Å²) in [6.45, 7) is 2.32. The molecule has 0 spiro atoms. The maximum absolute atomic E-state index is 13.6. The van der Waals surface area contributed by atoms with E-state index in [0.717, 1.165) is 0 Å². The van der Waals surface area contributed by atoms with Gasteiger partial charge >= 0.3 is 5.97 Å². The fourth-order valence-corrected chi connectivity index (χ4v) is 2.33. The molecule has 1 aromatic carbocycles. The van der Waals surface area contributed by atoms with Crippen LogP contribution in [0.5, 0.6) is 5.75 Å². The number of rotatable bonds is 5. The fraction of sp³-hybridized carbons (Fsp3) is 0.467. The van der Waals surface area contributed by atoms with E-state index in [1.54, 1.807) is 6.07 Å². The molecule has 0 aliphatic carbocycles. The average Bonchev–Trinajstić information content (AvgIpc) is 2.49. The standard InChI is InChI=1S/C15H18FNO5/c1-10(22-13-5-3-2-4-12(13)16)15(20)17-6-7-21-9-11(17)8-14(18)19/h2-5,10-11H,6-9H2,1H3,(H,18,19). The Morgan fingerprint density at radius 2 is 2.23 bits per heavy atom. The van der Waals surface area contributed by atoms with Crippen molar-refractivity contribution in [2.75, 3.05) is 19.8 Å². The Labute approximate surface area is 127 Å². The van der Waals surface area contributed by atoms with Crippen LogP contribution in [-0.4, -0.2) is 53.8 Å². The van der Waals surface area contributed by atoms with Crippen molar-refractivity contribution in [1.29, 1.82) is 0 Å². The zero-order valence-corrected chi connectivity index (χ0v) is 12.2. The smallest absolute Gasteiger partial charge is 0.305 e. The molecule has 1 aliphatic heterocycles. The second-order valence-corrected chi connectivity index (χ2v) is 5.05. The van der Waals surface area contributed by atoms with Gasteiger partial charge in [-0.3, -0.25) is 9.59 Å². The van der Waals surface area contributed by atoms with Crippen molar-refractivity contribution >= 4 is 11.9 Å². The second-order valence-electron chi connectivity index (χ2n) is 5.05. The summed E-state index contributed by atoms with van der Waals surface area (Å²) < 4.78 is 24.1. The summed E-state index contributed by atoms with van der Waals surface area (Å²) in [5.41, 5.74) is 0. The lowest BCUT2D eigenvalue weighted by Crippen LogP contribution is -2.53. The summed E-state index contributed by atoms with van der Waals surface area (Å²) in [5.74, 6) is -1.94. The van der Waals surface area contributed by atoms with Crippen LogP contribution < -0.4 is 4.74 Å². The number of amides is 1. The second kappa shape index (κ2) is 7.22. The summed E-state index contributed by atoms with van der Waals surface area (Å²) in [6, 6.07) is 5.28. The van der Waals surface area contributed by atoms with E-state index in [1.807, 2.05) is 0 Å². The Balaban J connectivity index is 2.04. The van der Waals surface area contributed by atoms with Gasteiger partial charge in [0.05, 0.1) is 25.7 Å². The highest BCUT2D eigenvalue weighted by atomic mass is 19.1. The van der Waals surface area contributed by atoms with Crippen molar-refractivity contribution in [3.05, 3.63) is 30.1 Å². The van der Waals surface area contributed by atoms with Crippen LogP contribution in [0.4, 0.5) is 4.39 Å². The van der Waals surface area contributed by atoms with Crippen LogP contribution in [0, 0.1) is 5.82 Å². The van der Waals surface area contributed by atoms with E-state index in [2.05, 4.69) is 0 Å². The van der Waals surface area contributed by atoms with E-state index in [0.29, 0.717) is 13.2 Å². The first kappa shape index (κ1) is 16.2. The van der Waals surface area contributed by atoms with Crippen LogP contribution in [0.2, 0.25) is 0 Å². The van der Waals surface area contributed by atoms with Gasteiger partial charge in [-0.05, 0) is 19.1 Å². The Morgan fingerprint density at radius 1 is 1.50 bits per heavy atom. The molecule has 2 unspecified atom stereocenters. The molecule has 1 N–H and O–H groups in total. The molecule has 1 aliphatic rings. The molecular weight excluding hydrogens is 293 g/mol. The van der Waals surface area contributed by atoms with Crippen LogP contribution in [0.25, 0.3) is 0 Å². The first-order valence-corrected chi connectivity index (χ1v) is 7.00. The number of carbonyl (C=O) groups is 2. The largest absolute Gasteiger partial charge is 0.481 e. The summed E-state index contributed by atoms with van der Waals surface area (Å²) in [4.78, 5) is 24.7. The SMILES string of the molecule is CC(Oc1ccccc1F)C(=O)N1CCOCC1CC(=O)O. The number of halogens is 1. The van der Waals surface area contributed by atoms with Gasteiger partial charge in [0.2, 0.25) is 0 Å². The zero-order chi connectivity index (χ0) is 16.1. The number of hydrogen-bond acceptors (Lipinski definition) is 4. The summed E-state index contributed by atoms with van der Waals surface area (Å²) in [7, 11) is 0. The van der Waals surface area contributed by atoms with E-state index in [-0.39, 0.29) is 24.7 Å². The monoisotopic (exact) mass is 311 g/mol. The number of hydrogen-bond donors (Lipinski definition) is 1. The molecule has 120 valence electrons. The number of nitrogens with zero attached hydrogens (tertiary/aromatic N) is 1. The number of morpholine rings is 1. The van der Waals surface area contributed by atoms with Gasteiger partial charge in [0.1, 0.15) is 0 Å². The van der Waals surface area contributed by atoms with Crippen LogP contribution in [-0.2, 0) is 14.3 Å². The van der Waals surface area contributed by atoms with E-state index in [9.17, 15) is 14.0 Å². The molecule has 1 fully saturated rings. The number of aliphatic carboxylic acids is 1. The third-order valence-corrected chi connectivity index (χ3v) is 3.41. The van der Waals surface area contributed by atoms with E-state index in [1.165, 1.54) is 30.0 Å². The minimum absolute atomic E-state index is 0.00797. The van der Waals surface area contributed by atoms with Crippen molar-refractivity contribution in [2.24, 2.45) is 0 Å². The number of carboxylic acid groups (broad SMARTS) is 1. The van der Waals surface area contributed by atoms with Gasteiger partial charge in [0, 0.05) is 6.54 Å². The number of benzene rings is 1. The molecule has 0 radical (unpaired) electrons. The number of carbonyl (C=O) groups excluding carboxylic acids is 1. The van der Waals surface area contributed by atoms with Crippen LogP contribution >= 0.6 is 0 Å². The molecule has 1 amide bonds. The number of para-hydroxylation sites is 1. The molecule has 7 heteroatoms. The Kier molecular flexibility index (Phi) is 5.32. The highest BCUT2D eigenvalue weighted by Gasteiger charge is 2.32.